The van der Waals surface area contributed by atoms with Gasteiger partial charge in [0.2, 0.25) is 0 Å². The molecule has 4 atom stereocenters. The lowest BCUT2D eigenvalue weighted by Gasteiger charge is -2.22. The zero-order chi connectivity index (χ0) is 14.3. The molecule has 4 nitrogen and oxygen atoms in total. The molecule has 20 heavy (non-hydrogen) atoms. The molecule has 2 bridgehead atoms. The standard InChI is InChI=1S/C14H15Cl2NO3/c15-8-3-7(4-9(16)5-8)13(18)14(19)17-11-6-10-1-2-12(11)20-10/h3-5,10-13,18H,1-2,6H2,(H,17,19)/t10-,11+,12-,13-/m1/s1. The molecule has 0 aliphatic carbocycles. The lowest BCUT2D eigenvalue weighted by molar-refractivity contribution is -0.130. The van der Waals surface area contributed by atoms with Gasteiger partial charge in [0, 0.05) is 10.0 Å². The number of rotatable bonds is 3. The Hall–Kier alpha value is -0.810. The maximum absolute atomic E-state index is 12.1. The molecular formula is C14H15Cl2NO3. The van der Waals surface area contributed by atoms with Crippen LogP contribution in [-0.2, 0) is 9.53 Å². The summed E-state index contributed by atoms with van der Waals surface area (Å²) in [5, 5.41) is 13.7. The third-order valence-electron chi connectivity index (χ3n) is 3.88. The van der Waals surface area contributed by atoms with E-state index >= 15 is 0 Å². The van der Waals surface area contributed by atoms with Crippen molar-refractivity contribution in [1.29, 1.82) is 0 Å². The van der Waals surface area contributed by atoms with Crippen molar-refractivity contribution in [2.75, 3.05) is 0 Å². The molecule has 108 valence electrons. The number of benzene rings is 1. The average Bonchev–Trinajstić information content (AvgIpc) is 2.98. The third kappa shape index (κ3) is 2.79. The number of halogens is 2. The van der Waals surface area contributed by atoms with Crippen LogP contribution in [-0.4, -0.2) is 29.3 Å². The molecule has 0 radical (unpaired) electrons. The zero-order valence-corrected chi connectivity index (χ0v) is 12.2. The number of carbonyl (C=O) groups is 1. The van der Waals surface area contributed by atoms with Crippen molar-refractivity contribution in [2.24, 2.45) is 0 Å². The van der Waals surface area contributed by atoms with E-state index in [1.54, 1.807) is 6.07 Å². The molecular weight excluding hydrogens is 301 g/mol. The smallest absolute Gasteiger partial charge is 0.253 e. The Morgan fingerprint density at radius 2 is 2.00 bits per heavy atom. The first-order valence-corrected chi connectivity index (χ1v) is 7.38. The number of aliphatic hydroxyl groups is 1. The van der Waals surface area contributed by atoms with Gasteiger partial charge in [0.05, 0.1) is 18.2 Å². The topological polar surface area (TPSA) is 58.6 Å². The highest BCUT2D eigenvalue weighted by atomic mass is 35.5. The molecule has 2 aliphatic rings. The number of amides is 1. The van der Waals surface area contributed by atoms with Gasteiger partial charge < -0.3 is 15.2 Å². The van der Waals surface area contributed by atoms with E-state index in [0.29, 0.717) is 15.6 Å². The number of hydrogen-bond acceptors (Lipinski definition) is 3. The van der Waals surface area contributed by atoms with Crippen molar-refractivity contribution in [3.8, 4) is 0 Å². The second-order valence-corrected chi connectivity index (χ2v) is 6.20. The Morgan fingerprint density at radius 3 is 2.55 bits per heavy atom. The molecule has 2 saturated heterocycles. The normalized spacial score (nSPS) is 29.4. The minimum Gasteiger partial charge on any atom is -0.378 e. The van der Waals surface area contributed by atoms with E-state index in [4.69, 9.17) is 27.9 Å². The lowest BCUT2D eigenvalue weighted by Crippen LogP contribution is -2.43. The van der Waals surface area contributed by atoms with Crippen LogP contribution in [0.5, 0.6) is 0 Å². The zero-order valence-electron chi connectivity index (χ0n) is 10.7. The van der Waals surface area contributed by atoms with E-state index in [-0.39, 0.29) is 18.2 Å². The molecule has 2 N–H and O–H groups in total. The Kier molecular flexibility index (Phi) is 3.91. The summed E-state index contributed by atoms with van der Waals surface area (Å²) in [6.45, 7) is 0. The maximum atomic E-state index is 12.1. The quantitative estimate of drug-likeness (QED) is 0.900. The highest BCUT2D eigenvalue weighted by Crippen LogP contribution is 2.34. The van der Waals surface area contributed by atoms with Gasteiger partial charge in [0.25, 0.3) is 5.91 Å². The minimum atomic E-state index is -1.27. The first-order valence-electron chi connectivity index (χ1n) is 6.63. The molecule has 1 amide bonds. The number of nitrogens with one attached hydrogen (secondary N) is 1. The van der Waals surface area contributed by atoms with Crippen LogP contribution in [0.15, 0.2) is 18.2 Å². The number of carbonyl (C=O) groups excluding carboxylic acids is 1. The van der Waals surface area contributed by atoms with Gasteiger partial charge in [-0.1, -0.05) is 23.2 Å². The first-order chi connectivity index (χ1) is 9.52. The number of ether oxygens (including phenoxy) is 1. The largest absolute Gasteiger partial charge is 0.378 e. The number of hydrogen-bond donors (Lipinski definition) is 2. The molecule has 0 aromatic heterocycles. The molecule has 0 spiro atoms. The van der Waals surface area contributed by atoms with E-state index in [9.17, 15) is 9.90 Å². The van der Waals surface area contributed by atoms with Crippen LogP contribution in [0, 0.1) is 0 Å². The van der Waals surface area contributed by atoms with Gasteiger partial charge in [-0.3, -0.25) is 4.79 Å². The second-order valence-electron chi connectivity index (χ2n) is 5.33. The second kappa shape index (κ2) is 5.53. The van der Waals surface area contributed by atoms with Crippen LogP contribution in [0.1, 0.15) is 30.9 Å². The monoisotopic (exact) mass is 315 g/mol. The summed E-state index contributed by atoms with van der Waals surface area (Å²) in [5.41, 5.74) is 0.393. The van der Waals surface area contributed by atoms with E-state index in [1.807, 2.05) is 0 Å². The van der Waals surface area contributed by atoms with Crippen LogP contribution < -0.4 is 5.32 Å². The van der Waals surface area contributed by atoms with Crippen LogP contribution in [0.4, 0.5) is 0 Å². The summed E-state index contributed by atoms with van der Waals surface area (Å²) in [4.78, 5) is 12.1. The van der Waals surface area contributed by atoms with Gasteiger partial charge in [-0.25, -0.2) is 0 Å². The molecule has 2 fully saturated rings. The van der Waals surface area contributed by atoms with Crippen molar-refractivity contribution < 1.29 is 14.6 Å². The SMILES string of the molecule is O=C(N[C@H]1C[C@H]2CC[C@H]1O2)[C@H](O)c1cc(Cl)cc(Cl)c1. The predicted molar refractivity (Wildman–Crippen MR) is 75.9 cm³/mol. The summed E-state index contributed by atoms with van der Waals surface area (Å²) < 4.78 is 5.67. The van der Waals surface area contributed by atoms with Crippen molar-refractivity contribution >= 4 is 29.1 Å². The van der Waals surface area contributed by atoms with Crippen LogP contribution >= 0.6 is 23.2 Å². The molecule has 6 heteroatoms. The molecule has 0 saturated carbocycles. The first kappa shape index (κ1) is 14.1. The van der Waals surface area contributed by atoms with E-state index in [0.717, 1.165) is 19.3 Å². The highest BCUT2D eigenvalue weighted by molar-refractivity contribution is 6.34. The molecule has 2 heterocycles. The fourth-order valence-corrected chi connectivity index (χ4v) is 3.48. The Labute approximate surface area is 127 Å². The van der Waals surface area contributed by atoms with Crippen LogP contribution in [0.25, 0.3) is 0 Å². The van der Waals surface area contributed by atoms with E-state index in [1.165, 1.54) is 12.1 Å². The van der Waals surface area contributed by atoms with Crippen molar-refractivity contribution in [3.05, 3.63) is 33.8 Å². The van der Waals surface area contributed by atoms with Crippen LogP contribution in [0.2, 0.25) is 10.0 Å². The summed E-state index contributed by atoms with van der Waals surface area (Å²) in [7, 11) is 0. The van der Waals surface area contributed by atoms with Gasteiger partial charge in [-0.15, -0.1) is 0 Å². The van der Waals surface area contributed by atoms with Gasteiger partial charge in [-0.05, 0) is 43.0 Å². The van der Waals surface area contributed by atoms with E-state index in [2.05, 4.69) is 5.32 Å². The molecule has 2 aliphatic heterocycles. The fourth-order valence-electron chi connectivity index (χ4n) is 2.94. The summed E-state index contributed by atoms with van der Waals surface area (Å²) >= 11 is 11.7. The van der Waals surface area contributed by atoms with Crippen molar-refractivity contribution in [3.63, 3.8) is 0 Å². The summed E-state index contributed by atoms with van der Waals surface area (Å²) in [6.07, 6.45) is 1.91. The Bertz CT molecular complexity index is 517. The molecule has 1 aromatic rings. The minimum absolute atomic E-state index is 0.00874. The molecule has 0 unspecified atom stereocenters. The Morgan fingerprint density at radius 1 is 1.30 bits per heavy atom. The lowest BCUT2D eigenvalue weighted by atomic mass is 9.95. The predicted octanol–water partition coefficient (Wildman–Crippen LogP) is 2.46. The number of fused-ring (bicyclic) bond motifs is 2. The number of aliphatic hydroxyl groups excluding tert-OH is 1. The fraction of sp³-hybridized carbons (Fsp3) is 0.500. The van der Waals surface area contributed by atoms with Crippen molar-refractivity contribution in [2.45, 2.75) is 43.6 Å². The van der Waals surface area contributed by atoms with Crippen LogP contribution in [0.3, 0.4) is 0 Å². The summed E-state index contributed by atoms with van der Waals surface area (Å²) in [6, 6.07) is 4.62. The maximum Gasteiger partial charge on any atom is 0.253 e. The summed E-state index contributed by atoms with van der Waals surface area (Å²) in [5.74, 6) is -0.440. The average molecular weight is 316 g/mol. The van der Waals surface area contributed by atoms with Gasteiger partial charge >= 0.3 is 0 Å². The van der Waals surface area contributed by atoms with Gasteiger partial charge in [-0.2, -0.15) is 0 Å². The molecule has 1 aromatic carbocycles. The highest BCUT2D eigenvalue weighted by Gasteiger charge is 2.41. The molecule has 3 rings (SSSR count). The van der Waals surface area contributed by atoms with Gasteiger partial charge in [0.1, 0.15) is 0 Å². The third-order valence-corrected chi connectivity index (χ3v) is 4.32. The van der Waals surface area contributed by atoms with E-state index < -0.39 is 12.0 Å². The van der Waals surface area contributed by atoms with Crippen molar-refractivity contribution in [1.82, 2.24) is 5.32 Å². The Balaban J connectivity index is 1.67. The van der Waals surface area contributed by atoms with Gasteiger partial charge in [0.15, 0.2) is 6.10 Å².